The molecular weight excluding hydrogens is 377 g/mol. The summed E-state index contributed by atoms with van der Waals surface area (Å²) >= 11 is 0. The SMILES string of the molecule is COc1ccc(S(=O)(=O)N(CC(=O)O)c2ccc(OC(C)C)cc2)cc1F. The minimum absolute atomic E-state index is 0.0722. The van der Waals surface area contributed by atoms with E-state index < -0.39 is 28.4 Å². The molecule has 27 heavy (non-hydrogen) atoms. The predicted octanol–water partition coefficient (Wildman–Crippen LogP) is 2.90. The highest BCUT2D eigenvalue weighted by atomic mass is 32.2. The molecule has 146 valence electrons. The summed E-state index contributed by atoms with van der Waals surface area (Å²) in [5.41, 5.74) is 0.115. The highest BCUT2D eigenvalue weighted by Crippen LogP contribution is 2.28. The van der Waals surface area contributed by atoms with Gasteiger partial charge in [0.05, 0.1) is 23.8 Å². The van der Waals surface area contributed by atoms with E-state index in [1.54, 1.807) is 0 Å². The fourth-order valence-electron chi connectivity index (χ4n) is 2.34. The highest BCUT2D eigenvalue weighted by Gasteiger charge is 2.28. The lowest BCUT2D eigenvalue weighted by Gasteiger charge is -2.23. The average Bonchev–Trinajstić information content (AvgIpc) is 2.59. The number of hydrogen-bond acceptors (Lipinski definition) is 5. The van der Waals surface area contributed by atoms with E-state index >= 15 is 0 Å². The van der Waals surface area contributed by atoms with Crippen LogP contribution in [0.5, 0.6) is 11.5 Å². The molecule has 0 spiro atoms. The Morgan fingerprint density at radius 3 is 2.30 bits per heavy atom. The van der Waals surface area contributed by atoms with Crippen LogP contribution in [-0.2, 0) is 14.8 Å². The summed E-state index contributed by atoms with van der Waals surface area (Å²) in [6.45, 7) is 2.86. The number of rotatable bonds is 8. The monoisotopic (exact) mass is 397 g/mol. The van der Waals surface area contributed by atoms with Crippen molar-refractivity contribution < 1.29 is 32.2 Å². The van der Waals surface area contributed by atoms with E-state index in [9.17, 15) is 17.6 Å². The number of halogens is 1. The van der Waals surface area contributed by atoms with Crippen LogP contribution in [0, 0.1) is 5.82 Å². The zero-order valence-corrected chi connectivity index (χ0v) is 15.9. The van der Waals surface area contributed by atoms with Gasteiger partial charge in [-0.1, -0.05) is 0 Å². The van der Waals surface area contributed by atoms with Gasteiger partial charge in [0.2, 0.25) is 0 Å². The number of benzene rings is 2. The van der Waals surface area contributed by atoms with Gasteiger partial charge < -0.3 is 14.6 Å². The minimum Gasteiger partial charge on any atom is -0.494 e. The van der Waals surface area contributed by atoms with Crippen molar-refractivity contribution in [2.75, 3.05) is 18.0 Å². The number of nitrogens with zero attached hydrogens (tertiary/aromatic N) is 1. The van der Waals surface area contributed by atoms with Crippen molar-refractivity contribution in [1.29, 1.82) is 0 Å². The lowest BCUT2D eigenvalue weighted by Crippen LogP contribution is -2.35. The van der Waals surface area contributed by atoms with Crippen LogP contribution >= 0.6 is 0 Å². The first-order chi connectivity index (χ1) is 12.6. The zero-order valence-electron chi connectivity index (χ0n) is 15.0. The number of carbonyl (C=O) groups is 1. The summed E-state index contributed by atoms with van der Waals surface area (Å²) in [5.74, 6) is -1.82. The molecular formula is C18H20FNO6S. The minimum atomic E-state index is -4.32. The molecule has 0 saturated carbocycles. The van der Waals surface area contributed by atoms with Crippen molar-refractivity contribution >= 4 is 21.7 Å². The first-order valence-electron chi connectivity index (χ1n) is 8.00. The van der Waals surface area contributed by atoms with Crippen molar-refractivity contribution in [3.05, 3.63) is 48.3 Å². The number of aliphatic carboxylic acids is 1. The topological polar surface area (TPSA) is 93.1 Å². The van der Waals surface area contributed by atoms with Gasteiger partial charge in [-0.25, -0.2) is 12.8 Å². The second-order valence-corrected chi connectivity index (χ2v) is 7.72. The molecule has 0 unspecified atom stereocenters. The van der Waals surface area contributed by atoms with Crippen LogP contribution in [-0.4, -0.2) is 39.3 Å². The van der Waals surface area contributed by atoms with Gasteiger partial charge in [-0.15, -0.1) is 0 Å². The number of methoxy groups -OCH3 is 1. The smallest absolute Gasteiger partial charge is 0.324 e. The van der Waals surface area contributed by atoms with E-state index in [4.69, 9.17) is 14.6 Å². The van der Waals surface area contributed by atoms with E-state index in [0.29, 0.717) is 10.1 Å². The van der Waals surface area contributed by atoms with Crippen LogP contribution in [0.4, 0.5) is 10.1 Å². The number of carboxylic acid groups (broad SMARTS) is 1. The molecule has 0 bridgehead atoms. The van der Waals surface area contributed by atoms with Crippen LogP contribution < -0.4 is 13.8 Å². The Morgan fingerprint density at radius 1 is 1.19 bits per heavy atom. The lowest BCUT2D eigenvalue weighted by molar-refractivity contribution is -0.135. The maximum absolute atomic E-state index is 13.9. The zero-order chi connectivity index (χ0) is 20.2. The van der Waals surface area contributed by atoms with E-state index in [1.807, 2.05) is 13.8 Å². The third kappa shape index (κ3) is 4.88. The molecule has 2 rings (SSSR count). The first-order valence-corrected chi connectivity index (χ1v) is 9.44. The summed E-state index contributed by atoms with van der Waals surface area (Å²) in [4.78, 5) is 10.8. The fraction of sp³-hybridized carbons (Fsp3) is 0.278. The van der Waals surface area contributed by atoms with Crippen LogP contribution in [0.15, 0.2) is 47.4 Å². The van der Waals surface area contributed by atoms with Gasteiger partial charge in [0.15, 0.2) is 11.6 Å². The standard InChI is InChI=1S/C18H20FNO6S/c1-12(2)26-14-6-4-13(5-7-14)20(11-18(21)22)27(23,24)15-8-9-17(25-3)16(19)10-15/h4-10,12H,11H2,1-3H3,(H,21,22). The fourth-order valence-corrected chi connectivity index (χ4v) is 3.76. The van der Waals surface area contributed by atoms with Gasteiger partial charge in [-0.2, -0.15) is 0 Å². The Hall–Kier alpha value is -2.81. The number of carboxylic acids is 1. The average molecular weight is 397 g/mol. The molecule has 2 aromatic rings. The van der Waals surface area contributed by atoms with Crippen molar-refractivity contribution in [2.24, 2.45) is 0 Å². The summed E-state index contributed by atoms with van der Waals surface area (Å²) in [6, 6.07) is 9.04. The van der Waals surface area contributed by atoms with Crippen LogP contribution in [0.25, 0.3) is 0 Å². The molecule has 0 aliphatic carbocycles. The Balaban J connectivity index is 2.45. The molecule has 0 radical (unpaired) electrons. The Bertz CT molecular complexity index is 912. The Kier molecular flexibility index (Phi) is 6.27. The van der Waals surface area contributed by atoms with Gasteiger partial charge in [-0.3, -0.25) is 9.10 Å². The van der Waals surface area contributed by atoms with Crippen molar-refractivity contribution in [1.82, 2.24) is 0 Å². The maximum Gasteiger partial charge on any atom is 0.324 e. The van der Waals surface area contributed by atoms with Crippen molar-refractivity contribution in [2.45, 2.75) is 24.8 Å². The van der Waals surface area contributed by atoms with Crippen LogP contribution in [0.2, 0.25) is 0 Å². The summed E-state index contributed by atoms with van der Waals surface area (Å²) in [5, 5.41) is 9.14. The quantitative estimate of drug-likeness (QED) is 0.736. The molecule has 0 saturated heterocycles. The Morgan fingerprint density at radius 2 is 1.81 bits per heavy atom. The summed E-state index contributed by atoms with van der Waals surface area (Å²) in [6.07, 6.45) is -0.0722. The lowest BCUT2D eigenvalue weighted by atomic mass is 10.3. The molecule has 0 heterocycles. The second-order valence-electron chi connectivity index (χ2n) is 5.86. The molecule has 2 aromatic carbocycles. The molecule has 0 fully saturated rings. The highest BCUT2D eigenvalue weighted by molar-refractivity contribution is 7.92. The van der Waals surface area contributed by atoms with Crippen molar-refractivity contribution in [3.63, 3.8) is 0 Å². The van der Waals surface area contributed by atoms with Gasteiger partial charge >= 0.3 is 5.97 Å². The largest absolute Gasteiger partial charge is 0.494 e. The number of hydrogen-bond donors (Lipinski definition) is 1. The second kappa shape index (κ2) is 8.26. The van der Waals surface area contributed by atoms with Crippen molar-refractivity contribution in [3.8, 4) is 11.5 Å². The summed E-state index contributed by atoms with van der Waals surface area (Å²) in [7, 11) is -3.06. The molecule has 0 aromatic heterocycles. The maximum atomic E-state index is 13.9. The molecule has 0 amide bonds. The van der Waals surface area contributed by atoms with Crippen LogP contribution in [0.1, 0.15) is 13.8 Å². The molecule has 1 N–H and O–H groups in total. The normalized spacial score (nSPS) is 11.3. The number of sulfonamides is 1. The molecule has 7 nitrogen and oxygen atoms in total. The molecule has 0 aliphatic rings. The van der Waals surface area contributed by atoms with Gasteiger partial charge in [0.25, 0.3) is 10.0 Å². The molecule has 9 heteroatoms. The number of anilines is 1. The van der Waals surface area contributed by atoms with Crippen LogP contribution in [0.3, 0.4) is 0 Å². The van der Waals surface area contributed by atoms with E-state index in [1.165, 1.54) is 37.4 Å². The van der Waals surface area contributed by atoms with E-state index in [-0.39, 0.29) is 22.4 Å². The summed E-state index contributed by atoms with van der Waals surface area (Å²) < 4.78 is 50.7. The van der Waals surface area contributed by atoms with Gasteiger partial charge in [0, 0.05) is 0 Å². The predicted molar refractivity (Wildman–Crippen MR) is 97.3 cm³/mol. The molecule has 0 atom stereocenters. The molecule has 0 aliphatic heterocycles. The van der Waals surface area contributed by atoms with Gasteiger partial charge in [-0.05, 0) is 56.3 Å². The third-order valence-electron chi connectivity index (χ3n) is 3.49. The van der Waals surface area contributed by atoms with Gasteiger partial charge in [0.1, 0.15) is 12.3 Å². The first kappa shape index (κ1) is 20.5. The Labute approximate surface area is 157 Å². The third-order valence-corrected chi connectivity index (χ3v) is 5.26. The van der Waals surface area contributed by atoms with E-state index in [0.717, 1.165) is 12.1 Å². The number of ether oxygens (including phenoxy) is 2. The van der Waals surface area contributed by atoms with E-state index in [2.05, 4.69) is 0 Å².